The SMILES string of the molecule is CCCCNC(=O)NCC(CC)C(CCC)NCC. The van der Waals surface area contributed by atoms with E-state index < -0.39 is 0 Å². The number of amides is 2. The van der Waals surface area contributed by atoms with Gasteiger partial charge in [-0.3, -0.25) is 0 Å². The Kier molecular flexibility index (Phi) is 11.8. The van der Waals surface area contributed by atoms with Gasteiger partial charge in [0.15, 0.2) is 0 Å². The Hall–Kier alpha value is -0.770. The van der Waals surface area contributed by atoms with Crippen LogP contribution in [0, 0.1) is 5.92 Å². The molecular weight excluding hydrogens is 238 g/mol. The third kappa shape index (κ3) is 8.87. The average Bonchev–Trinajstić information content (AvgIpc) is 2.40. The zero-order valence-corrected chi connectivity index (χ0v) is 13.2. The molecule has 0 saturated heterocycles. The molecule has 114 valence electrons. The number of hydrogen-bond donors (Lipinski definition) is 3. The number of rotatable bonds is 11. The van der Waals surface area contributed by atoms with E-state index in [2.05, 4.69) is 43.6 Å². The molecule has 0 radical (unpaired) electrons. The Bertz CT molecular complexity index is 215. The van der Waals surface area contributed by atoms with Crippen molar-refractivity contribution in [3.63, 3.8) is 0 Å². The summed E-state index contributed by atoms with van der Waals surface area (Å²) in [6.07, 6.45) is 5.59. The molecule has 0 saturated carbocycles. The minimum atomic E-state index is -0.0290. The number of nitrogens with one attached hydrogen (secondary N) is 3. The van der Waals surface area contributed by atoms with E-state index >= 15 is 0 Å². The first kappa shape index (κ1) is 18.2. The van der Waals surface area contributed by atoms with Crippen molar-refractivity contribution < 1.29 is 4.79 Å². The van der Waals surface area contributed by atoms with E-state index in [0.717, 1.165) is 38.9 Å². The summed E-state index contributed by atoms with van der Waals surface area (Å²) in [6, 6.07) is 0.481. The normalized spacial score (nSPS) is 13.9. The summed E-state index contributed by atoms with van der Waals surface area (Å²) in [5.74, 6) is 0.511. The van der Waals surface area contributed by atoms with Crippen LogP contribution in [0.5, 0.6) is 0 Å². The lowest BCUT2D eigenvalue weighted by Gasteiger charge is -2.27. The van der Waals surface area contributed by atoms with Crippen molar-refractivity contribution in [1.82, 2.24) is 16.0 Å². The van der Waals surface area contributed by atoms with Gasteiger partial charge in [0, 0.05) is 19.1 Å². The topological polar surface area (TPSA) is 53.2 Å². The molecule has 0 spiro atoms. The average molecular weight is 271 g/mol. The van der Waals surface area contributed by atoms with Crippen molar-refractivity contribution in [2.75, 3.05) is 19.6 Å². The fourth-order valence-corrected chi connectivity index (χ4v) is 2.31. The van der Waals surface area contributed by atoms with E-state index in [9.17, 15) is 4.79 Å². The highest BCUT2D eigenvalue weighted by atomic mass is 16.2. The number of urea groups is 1. The molecule has 0 aromatic rings. The maximum Gasteiger partial charge on any atom is 0.314 e. The van der Waals surface area contributed by atoms with E-state index in [1.807, 2.05) is 0 Å². The van der Waals surface area contributed by atoms with Crippen LogP contribution in [0.2, 0.25) is 0 Å². The molecule has 2 amide bonds. The molecule has 3 N–H and O–H groups in total. The Labute approximate surface area is 119 Å². The molecule has 19 heavy (non-hydrogen) atoms. The summed E-state index contributed by atoms with van der Waals surface area (Å²) in [5.41, 5.74) is 0. The van der Waals surface area contributed by atoms with Crippen molar-refractivity contribution in [1.29, 1.82) is 0 Å². The van der Waals surface area contributed by atoms with E-state index in [0.29, 0.717) is 12.0 Å². The molecule has 0 fully saturated rings. The fraction of sp³-hybridized carbons (Fsp3) is 0.933. The minimum Gasteiger partial charge on any atom is -0.338 e. The van der Waals surface area contributed by atoms with Crippen LogP contribution in [-0.4, -0.2) is 31.7 Å². The number of hydrogen-bond acceptors (Lipinski definition) is 2. The van der Waals surface area contributed by atoms with Crippen LogP contribution in [0.1, 0.15) is 59.8 Å². The van der Waals surface area contributed by atoms with Gasteiger partial charge in [-0.1, -0.05) is 47.0 Å². The third-order valence-corrected chi connectivity index (χ3v) is 3.50. The fourth-order valence-electron chi connectivity index (χ4n) is 2.31. The van der Waals surface area contributed by atoms with Crippen LogP contribution >= 0.6 is 0 Å². The quantitative estimate of drug-likeness (QED) is 0.506. The van der Waals surface area contributed by atoms with E-state index in [4.69, 9.17) is 0 Å². The molecule has 0 heterocycles. The predicted octanol–water partition coefficient (Wildman–Crippen LogP) is 2.89. The first-order valence-electron chi connectivity index (χ1n) is 7.94. The summed E-state index contributed by atoms with van der Waals surface area (Å²) in [5, 5.41) is 9.43. The number of carbonyl (C=O) groups excluding carboxylic acids is 1. The standard InChI is InChI=1S/C15H33N3O/c1-5-9-11-17-15(19)18-12-13(7-3)14(10-6-2)16-8-4/h13-14,16H,5-12H2,1-4H3,(H2,17,18,19). The number of carbonyl (C=O) groups is 1. The molecule has 0 rings (SSSR count). The molecule has 0 aromatic heterocycles. The summed E-state index contributed by atoms with van der Waals surface area (Å²) in [6.45, 7) is 11.2. The maximum absolute atomic E-state index is 11.6. The highest BCUT2D eigenvalue weighted by Crippen LogP contribution is 2.13. The van der Waals surface area contributed by atoms with Crippen LogP contribution in [0.25, 0.3) is 0 Å². The molecule has 4 nitrogen and oxygen atoms in total. The van der Waals surface area contributed by atoms with Crippen LogP contribution in [0.4, 0.5) is 4.79 Å². The van der Waals surface area contributed by atoms with E-state index in [-0.39, 0.29) is 6.03 Å². The summed E-state index contributed by atoms with van der Waals surface area (Å²) < 4.78 is 0. The van der Waals surface area contributed by atoms with Gasteiger partial charge in [0.2, 0.25) is 0 Å². The second-order valence-corrected chi connectivity index (χ2v) is 5.11. The van der Waals surface area contributed by atoms with Crippen molar-refractivity contribution >= 4 is 6.03 Å². The van der Waals surface area contributed by atoms with E-state index in [1.165, 1.54) is 12.8 Å². The molecule has 0 aromatic carbocycles. The lowest BCUT2D eigenvalue weighted by atomic mass is 9.93. The second-order valence-electron chi connectivity index (χ2n) is 5.11. The molecule has 0 aliphatic carbocycles. The van der Waals surface area contributed by atoms with Crippen LogP contribution < -0.4 is 16.0 Å². The van der Waals surface area contributed by atoms with Gasteiger partial charge in [-0.05, 0) is 25.3 Å². The van der Waals surface area contributed by atoms with Gasteiger partial charge in [0.1, 0.15) is 0 Å². The molecule has 0 aliphatic rings. The van der Waals surface area contributed by atoms with Gasteiger partial charge >= 0.3 is 6.03 Å². The van der Waals surface area contributed by atoms with Crippen LogP contribution in [-0.2, 0) is 0 Å². The molecule has 2 atom stereocenters. The highest BCUT2D eigenvalue weighted by Gasteiger charge is 2.18. The lowest BCUT2D eigenvalue weighted by molar-refractivity contribution is 0.235. The first-order valence-corrected chi connectivity index (χ1v) is 7.94. The third-order valence-electron chi connectivity index (χ3n) is 3.50. The Morgan fingerprint density at radius 2 is 1.79 bits per heavy atom. The Morgan fingerprint density at radius 1 is 1.05 bits per heavy atom. The lowest BCUT2D eigenvalue weighted by Crippen LogP contribution is -2.44. The molecule has 0 bridgehead atoms. The largest absolute Gasteiger partial charge is 0.338 e. The van der Waals surface area contributed by atoms with Crippen molar-refractivity contribution in [2.24, 2.45) is 5.92 Å². The van der Waals surface area contributed by atoms with Crippen LogP contribution in [0.3, 0.4) is 0 Å². The van der Waals surface area contributed by atoms with Crippen molar-refractivity contribution in [2.45, 2.75) is 65.8 Å². The molecule has 0 aliphatic heterocycles. The van der Waals surface area contributed by atoms with Gasteiger partial charge in [0.25, 0.3) is 0 Å². The smallest absolute Gasteiger partial charge is 0.314 e. The van der Waals surface area contributed by atoms with Crippen LogP contribution in [0.15, 0.2) is 0 Å². The van der Waals surface area contributed by atoms with Crippen molar-refractivity contribution in [3.8, 4) is 0 Å². The van der Waals surface area contributed by atoms with Gasteiger partial charge in [-0.15, -0.1) is 0 Å². The Balaban J connectivity index is 4.04. The highest BCUT2D eigenvalue weighted by molar-refractivity contribution is 5.73. The second kappa shape index (κ2) is 12.3. The summed E-state index contributed by atoms with van der Waals surface area (Å²) in [4.78, 5) is 11.6. The number of unbranched alkanes of at least 4 members (excludes halogenated alkanes) is 1. The van der Waals surface area contributed by atoms with Gasteiger partial charge in [0.05, 0.1) is 0 Å². The molecular formula is C15H33N3O. The Morgan fingerprint density at radius 3 is 2.32 bits per heavy atom. The van der Waals surface area contributed by atoms with E-state index in [1.54, 1.807) is 0 Å². The first-order chi connectivity index (χ1) is 9.19. The molecule has 2 unspecified atom stereocenters. The summed E-state index contributed by atoms with van der Waals surface area (Å²) >= 11 is 0. The molecule has 4 heteroatoms. The minimum absolute atomic E-state index is 0.0290. The zero-order chi connectivity index (χ0) is 14.5. The predicted molar refractivity (Wildman–Crippen MR) is 82.5 cm³/mol. The monoisotopic (exact) mass is 271 g/mol. The van der Waals surface area contributed by atoms with Gasteiger partial charge in [-0.25, -0.2) is 4.79 Å². The van der Waals surface area contributed by atoms with Crippen molar-refractivity contribution in [3.05, 3.63) is 0 Å². The zero-order valence-electron chi connectivity index (χ0n) is 13.2. The maximum atomic E-state index is 11.6. The summed E-state index contributed by atoms with van der Waals surface area (Å²) in [7, 11) is 0. The van der Waals surface area contributed by atoms with Gasteiger partial charge < -0.3 is 16.0 Å². The van der Waals surface area contributed by atoms with Gasteiger partial charge in [-0.2, -0.15) is 0 Å².